The molecule has 0 spiro atoms. The van der Waals surface area contributed by atoms with E-state index in [4.69, 9.17) is 5.73 Å². The fourth-order valence-electron chi connectivity index (χ4n) is 1.38. The zero-order chi connectivity index (χ0) is 14.0. The van der Waals surface area contributed by atoms with Gasteiger partial charge in [-0.15, -0.1) is 11.3 Å². The molecule has 0 unspecified atom stereocenters. The number of fused-ring (bicyclic) bond motifs is 1. The molecule has 2 aromatic heterocycles. The second-order valence-electron chi connectivity index (χ2n) is 3.54. The highest BCUT2D eigenvalue weighted by Gasteiger charge is 2.42. The van der Waals surface area contributed by atoms with E-state index in [-0.39, 0.29) is 5.39 Å². The fraction of sp³-hybridized carbons (Fsp3) is 0.300. The minimum atomic E-state index is -5.06. The molecule has 2 N–H and O–H groups in total. The van der Waals surface area contributed by atoms with Gasteiger partial charge in [-0.2, -0.15) is 13.2 Å². The van der Waals surface area contributed by atoms with Crippen LogP contribution in [0.5, 0.6) is 5.88 Å². The van der Waals surface area contributed by atoms with E-state index in [0.717, 1.165) is 11.2 Å². The third-order valence-corrected chi connectivity index (χ3v) is 3.26. The molecule has 2 aromatic rings. The summed E-state index contributed by atoms with van der Waals surface area (Å²) in [7, 11) is 0. The molecule has 5 nitrogen and oxygen atoms in total. The van der Waals surface area contributed by atoms with Gasteiger partial charge in [0.2, 0.25) is 5.88 Å². The summed E-state index contributed by atoms with van der Waals surface area (Å²) in [5.74, 6) is -2.70. The summed E-state index contributed by atoms with van der Waals surface area (Å²) in [5.41, 5.74) is 5.39. The number of ether oxygens (including phenoxy) is 1. The molecule has 0 saturated heterocycles. The van der Waals surface area contributed by atoms with E-state index in [1.165, 1.54) is 11.3 Å². The van der Waals surface area contributed by atoms with Crippen LogP contribution in [0.25, 0.3) is 10.2 Å². The lowest BCUT2D eigenvalue weighted by Gasteiger charge is -2.05. The zero-order valence-corrected chi connectivity index (χ0v) is 10.2. The monoisotopic (exact) mass is 291 g/mol. The van der Waals surface area contributed by atoms with Gasteiger partial charge in [0.05, 0.1) is 5.39 Å². The number of carbonyl (C=O) groups excluding carboxylic acids is 1. The molecular weight excluding hydrogens is 283 g/mol. The standard InChI is InChI=1S/C10H8F3N3O2S/c11-10(12,13)9(17)18-7-6-3-5(1-2-14)19-8(6)16-4-15-7/h3-4H,1-2,14H2. The Labute approximate surface area is 109 Å². The Bertz CT molecular complexity index is 612. The van der Waals surface area contributed by atoms with Gasteiger partial charge in [-0.05, 0) is 19.0 Å². The van der Waals surface area contributed by atoms with E-state index in [1.54, 1.807) is 6.07 Å². The van der Waals surface area contributed by atoms with Gasteiger partial charge >= 0.3 is 12.1 Å². The van der Waals surface area contributed by atoms with Gasteiger partial charge in [-0.3, -0.25) is 0 Å². The van der Waals surface area contributed by atoms with Crippen LogP contribution < -0.4 is 10.5 Å². The lowest BCUT2D eigenvalue weighted by atomic mass is 10.3. The molecule has 0 aliphatic carbocycles. The van der Waals surface area contributed by atoms with Crippen molar-refractivity contribution in [3.63, 3.8) is 0 Å². The maximum absolute atomic E-state index is 12.1. The van der Waals surface area contributed by atoms with Gasteiger partial charge in [0.25, 0.3) is 0 Å². The van der Waals surface area contributed by atoms with Crippen molar-refractivity contribution in [1.82, 2.24) is 9.97 Å². The zero-order valence-electron chi connectivity index (χ0n) is 9.40. The van der Waals surface area contributed by atoms with Crippen molar-refractivity contribution in [1.29, 1.82) is 0 Å². The molecule has 2 heterocycles. The Morgan fingerprint density at radius 2 is 2.16 bits per heavy atom. The first-order valence-corrected chi connectivity index (χ1v) is 5.96. The van der Waals surface area contributed by atoms with Gasteiger partial charge in [-0.25, -0.2) is 14.8 Å². The Balaban J connectivity index is 2.35. The van der Waals surface area contributed by atoms with Crippen LogP contribution in [0.2, 0.25) is 0 Å². The highest BCUT2D eigenvalue weighted by Crippen LogP contribution is 2.30. The number of hydrogen-bond donors (Lipinski definition) is 1. The van der Waals surface area contributed by atoms with E-state index >= 15 is 0 Å². The van der Waals surface area contributed by atoms with Crippen LogP contribution in [0.3, 0.4) is 0 Å². The smallest absolute Gasteiger partial charge is 0.400 e. The average Bonchev–Trinajstić information content (AvgIpc) is 2.72. The molecule has 0 atom stereocenters. The van der Waals surface area contributed by atoms with E-state index in [9.17, 15) is 18.0 Å². The summed E-state index contributed by atoms with van der Waals surface area (Å²) < 4.78 is 40.6. The lowest BCUT2D eigenvalue weighted by molar-refractivity contribution is -0.189. The number of halogens is 3. The molecule has 9 heteroatoms. The van der Waals surface area contributed by atoms with Crippen LogP contribution in [0.1, 0.15) is 4.88 Å². The predicted molar refractivity (Wildman–Crippen MR) is 61.9 cm³/mol. The van der Waals surface area contributed by atoms with Gasteiger partial charge in [0, 0.05) is 4.88 Å². The highest BCUT2D eigenvalue weighted by atomic mass is 32.1. The third kappa shape index (κ3) is 2.99. The second-order valence-corrected chi connectivity index (χ2v) is 4.65. The topological polar surface area (TPSA) is 78.1 Å². The molecule has 0 saturated carbocycles. The van der Waals surface area contributed by atoms with Crippen molar-refractivity contribution < 1.29 is 22.7 Å². The first-order chi connectivity index (χ1) is 8.91. The molecule has 0 fully saturated rings. The number of hydrogen-bond acceptors (Lipinski definition) is 6. The number of nitrogens with two attached hydrogens (primary N) is 1. The van der Waals surface area contributed by atoms with Crippen LogP contribution in [0.15, 0.2) is 12.4 Å². The summed E-state index contributed by atoms with van der Waals surface area (Å²) in [4.78, 5) is 19.5. The molecule has 2 rings (SSSR count). The van der Waals surface area contributed by atoms with E-state index in [1.807, 2.05) is 0 Å². The molecule has 0 aromatic carbocycles. The van der Waals surface area contributed by atoms with Gasteiger partial charge in [-0.1, -0.05) is 0 Å². The predicted octanol–water partition coefficient (Wildman–Crippen LogP) is 1.66. The number of carbonyl (C=O) groups is 1. The van der Waals surface area contributed by atoms with Crippen LogP contribution in [0.4, 0.5) is 13.2 Å². The SMILES string of the molecule is NCCc1cc2c(OC(=O)C(F)(F)F)ncnc2s1. The lowest BCUT2D eigenvalue weighted by Crippen LogP contribution is -2.28. The largest absolute Gasteiger partial charge is 0.491 e. The third-order valence-electron chi connectivity index (χ3n) is 2.16. The van der Waals surface area contributed by atoms with Crippen LogP contribution in [0, 0.1) is 0 Å². The number of alkyl halides is 3. The average molecular weight is 291 g/mol. The van der Waals surface area contributed by atoms with Crippen molar-refractivity contribution in [3.8, 4) is 5.88 Å². The highest BCUT2D eigenvalue weighted by molar-refractivity contribution is 7.18. The van der Waals surface area contributed by atoms with E-state index in [0.29, 0.717) is 17.8 Å². The summed E-state index contributed by atoms with van der Waals surface area (Å²) in [6.45, 7) is 0.401. The Hall–Kier alpha value is -1.74. The second kappa shape index (κ2) is 5.10. The number of thiophene rings is 1. The van der Waals surface area contributed by atoms with Crippen molar-refractivity contribution in [2.24, 2.45) is 5.73 Å². The van der Waals surface area contributed by atoms with Crippen molar-refractivity contribution in [2.75, 3.05) is 6.54 Å². The summed E-state index contributed by atoms with van der Waals surface area (Å²) in [6.07, 6.45) is -3.45. The minimum Gasteiger partial charge on any atom is -0.400 e. The minimum absolute atomic E-state index is 0.272. The number of rotatable bonds is 3. The number of esters is 1. The quantitative estimate of drug-likeness (QED) is 0.870. The fourth-order valence-corrected chi connectivity index (χ4v) is 2.38. The van der Waals surface area contributed by atoms with E-state index in [2.05, 4.69) is 14.7 Å². The van der Waals surface area contributed by atoms with Crippen molar-refractivity contribution >= 4 is 27.5 Å². The molecular formula is C10H8F3N3O2S. The molecule has 19 heavy (non-hydrogen) atoms. The molecule has 102 valence electrons. The van der Waals surface area contributed by atoms with E-state index < -0.39 is 18.0 Å². The molecule has 0 amide bonds. The summed E-state index contributed by atoms with van der Waals surface area (Å²) in [5, 5.41) is 0.272. The molecule has 0 aliphatic rings. The summed E-state index contributed by atoms with van der Waals surface area (Å²) >= 11 is 1.27. The molecule has 0 aliphatic heterocycles. The van der Waals surface area contributed by atoms with Crippen LogP contribution >= 0.6 is 11.3 Å². The van der Waals surface area contributed by atoms with Gasteiger partial charge in [0.1, 0.15) is 11.2 Å². The maximum Gasteiger partial charge on any atom is 0.491 e. The molecule has 0 bridgehead atoms. The first-order valence-electron chi connectivity index (χ1n) is 5.14. The van der Waals surface area contributed by atoms with Crippen LogP contribution in [-0.4, -0.2) is 28.7 Å². The Morgan fingerprint density at radius 1 is 1.42 bits per heavy atom. The normalized spacial score (nSPS) is 11.8. The Morgan fingerprint density at radius 3 is 2.79 bits per heavy atom. The van der Waals surface area contributed by atoms with Gasteiger partial charge in [0.15, 0.2) is 0 Å². The summed E-state index contributed by atoms with van der Waals surface area (Å²) in [6, 6.07) is 1.58. The Kier molecular flexibility index (Phi) is 3.67. The van der Waals surface area contributed by atoms with Crippen molar-refractivity contribution in [3.05, 3.63) is 17.3 Å². The molecule has 0 radical (unpaired) electrons. The maximum atomic E-state index is 12.1. The van der Waals surface area contributed by atoms with Crippen molar-refractivity contribution in [2.45, 2.75) is 12.6 Å². The first kappa shape index (κ1) is 13.7. The number of nitrogens with zero attached hydrogens (tertiary/aromatic N) is 2. The number of aromatic nitrogens is 2. The van der Waals surface area contributed by atoms with Crippen LogP contribution in [-0.2, 0) is 11.2 Å². The van der Waals surface area contributed by atoms with Gasteiger partial charge < -0.3 is 10.5 Å².